The summed E-state index contributed by atoms with van der Waals surface area (Å²) in [5.74, 6) is -1.62. The lowest BCUT2D eigenvalue weighted by Gasteiger charge is -2.22. The molecule has 0 spiro atoms. The van der Waals surface area contributed by atoms with Gasteiger partial charge in [-0.2, -0.15) is 0 Å². The molecule has 1 heterocycles. The molecule has 1 aliphatic heterocycles. The summed E-state index contributed by atoms with van der Waals surface area (Å²) in [7, 11) is 1.23. The monoisotopic (exact) mass is 280 g/mol. The number of amides is 1. The Labute approximate surface area is 116 Å². The number of ether oxygens (including phenoxy) is 1. The van der Waals surface area contributed by atoms with E-state index >= 15 is 0 Å². The summed E-state index contributed by atoms with van der Waals surface area (Å²) >= 11 is 0. The minimum atomic E-state index is -0.648. The number of methoxy groups -OCH3 is 1. The summed E-state index contributed by atoms with van der Waals surface area (Å²) in [4.78, 5) is 23.2. The van der Waals surface area contributed by atoms with Gasteiger partial charge >= 0.3 is 5.97 Å². The van der Waals surface area contributed by atoms with E-state index in [2.05, 4.69) is 15.4 Å². The van der Waals surface area contributed by atoms with Crippen LogP contribution >= 0.6 is 0 Å². The smallest absolute Gasteiger partial charge is 0.337 e. The number of halogens is 1. The Morgan fingerprint density at radius 1 is 1.45 bits per heavy atom. The number of esters is 1. The highest BCUT2D eigenvalue weighted by atomic mass is 19.1. The van der Waals surface area contributed by atoms with Crippen LogP contribution in [-0.4, -0.2) is 32.1 Å². The van der Waals surface area contributed by atoms with E-state index in [0.717, 1.165) is 25.5 Å². The van der Waals surface area contributed by atoms with Crippen molar-refractivity contribution in [3.05, 3.63) is 29.6 Å². The highest BCUT2D eigenvalue weighted by Gasteiger charge is 2.22. The van der Waals surface area contributed by atoms with Crippen molar-refractivity contribution in [2.24, 2.45) is 5.92 Å². The van der Waals surface area contributed by atoms with Crippen LogP contribution in [-0.2, 0) is 9.53 Å². The zero-order valence-corrected chi connectivity index (χ0v) is 11.2. The Balaban J connectivity index is 2.05. The maximum Gasteiger partial charge on any atom is 0.337 e. The number of hydrogen-bond donors (Lipinski definition) is 2. The Morgan fingerprint density at radius 2 is 2.25 bits per heavy atom. The summed E-state index contributed by atoms with van der Waals surface area (Å²) in [6.45, 7) is 1.51. The molecule has 0 aliphatic carbocycles. The quantitative estimate of drug-likeness (QED) is 0.824. The molecule has 0 saturated carbocycles. The first-order valence-corrected chi connectivity index (χ1v) is 6.51. The number of hydrogen-bond acceptors (Lipinski definition) is 4. The van der Waals surface area contributed by atoms with E-state index in [1.807, 2.05) is 0 Å². The second kappa shape index (κ2) is 6.47. The first kappa shape index (κ1) is 14.5. The molecule has 1 aromatic rings. The van der Waals surface area contributed by atoms with Crippen molar-refractivity contribution in [2.45, 2.75) is 12.8 Å². The fourth-order valence-corrected chi connectivity index (χ4v) is 2.17. The molecule has 1 saturated heterocycles. The first-order valence-electron chi connectivity index (χ1n) is 6.51. The minimum absolute atomic E-state index is 0.0771. The van der Waals surface area contributed by atoms with Crippen LogP contribution in [0.25, 0.3) is 0 Å². The lowest BCUT2D eigenvalue weighted by atomic mass is 9.99. The zero-order chi connectivity index (χ0) is 14.5. The summed E-state index contributed by atoms with van der Waals surface area (Å²) in [5.41, 5.74) is 0.190. The number of nitrogens with one attached hydrogen (secondary N) is 2. The van der Waals surface area contributed by atoms with Gasteiger partial charge in [0.05, 0.1) is 24.3 Å². The van der Waals surface area contributed by atoms with Crippen LogP contribution in [0.1, 0.15) is 23.2 Å². The van der Waals surface area contributed by atoms with Crippen LogP contribution in [0.15, 0.2) is 18.2 Å². The van der Waals surface area contributed by atoms with Crippen molar-refractivity contribution in [1.82, 2.24) is 5.32 Å². The topological polar surface area (TPSA) is 67.4 Å². The fourth-order valence-electron chi connectivity index (χ4n) is 2.17. The molecule has 1 fully saturated rings. The second-order valence-corrected chi connectivity index (χ2v) is 4.72. The summed E-state index contributed by atoms with van der Waals surface area (Å²) in [6, 6.07) is 3.85. The Kier molecular flexibility index (Phi) is 4.68. The molecule has 1 aromatic carbocycles. The van der Waals surface area contributed by atoms with Crippen LogP contribution in [0.2, 0.25) is 0 Å². The third kappa shape index (κ3) is 3.33. The maximum atomic E-state index is 13.8. The van der Waals surface area contributed by atoms with Gasteiger partial charge in [-0.3, -0.25) is 4.79 Å². The summed E-state index contributed by atoms with van der Waals surface area (Å²) in [5, 5.41) is 5.69. The summed E-state index contributed by atoms with van der Waals surface area (Å²) < 4.78 is 18.3. The largest absolute Gasteiger partial charge is 0.465 e. The van der Waals surface area contributed by atoms with Gasteiger partial charge in [-0.1, -0.05) is 0 Å². The van der Waals surface area contributed by atoms with Gasteiger partial charge in [0.25, 0.3) is 0 Å². The van der Waals surface area contributed by atoms with Gasteiger partial charge in [0.15, 0.2) is 0 Å². The molecule has 6 heteroatoms. The molecule has 5 nitrogen and oxygen atoms in total. The Morgan fingerprint density at radius 3 is 2.85 bits per heavy atom. The molecule has 108 valence electrons. The van der Waals surface area contributed by atoms with Crippen molar-refractivity contribution < 1.29 is 18.7 Å². The molecule has 0 bridgehead atoms. The average molecular weight is 280 g/mol. The number of anilines is 1. The highest BCUT2D eigenvalue weighted by molar-refractivity contribution is 5.94. The van der Waals surface area contributed by atoms with Crippen molar-refractivity contribution in [1.29, 1.82) is 0 Å². The highest BCUT2D eigenvalue weighted by Crippen LogP contribution is 2.19. The van der Waals surface area contributed by atoms with E-state index in [4.69, 9.17) is 0 Å². The molecule has 0 unspecified atom stereocenters. The zero-order valence-electron chi connectivity index (χ0n) is 11.2. The van der Waals surface area contributed by atoms with Gasteiger partial charge < -0.3 is 15.4 Å². The van der Waals surface area contributed by atoms with Crippen molar-refractivity contribution >= 4 is 17.6 Å². The maximum absolute atomic E-state index is 13.8. The van der Waals surface area contributed by atoms with Gasteiger partial charge in [0.1, 0.15) is 5.82 Å². The van der Waals surface area contributed by atoms with Crippen molar-refractivity contribution in [2.75, 3.05) is 25.5 Å². The molecule has 20 heavy (non-hydrogen) atoms. The number of carbonyl (C=O) groups excluding carboxylic acids is 2. The van der Waals surface area contributed by atoms with Crippen LogP contribution in [0.5, 0.6) is 0 Å². The second-order valence-electron chi connectivity index (χ2n) is 4.72. The SMILES string of the molecule is COC(=O)c1ccc(NC(=O)[C@H]2CCCNC2)c(F)c1. The molecule has 0 aromatic heterocycles. The molecule has 2 rings (SSSR count). The molecule has 1 amide bonds. The Bertz CT molecular complexity index is 513. The number of carbonyl (C=O) groups is 2. The molecular formula is C14H17FN2O3. The third-order valence-electron chi connectivity index (χ3n) is 3.32. The van der Waals surface area contributed by atoms with Crippen LogP contribution in [0.3, 0.4) is 0 Å². The fraction of sp³-hybridized carbons (Fsp3) is 0.429. The van der Waals surface area contributed by atoms with Gasteiger partial charge in [-0.05, 0) is 37.6 Å². The third-order valence-corrected chi connectivity index (χ3v) is 3.32. The lowest BCUT2D eigenvalue weighted by Crippen LogP contribution is -2.37. The Hall–Kier alpha value is -1.95. The lowest BCUT2D eigenvalue weighted by molar-refractivity contribution is -0.120. The van der Waals surface area contributed by atoms with Crippen molar-refractivity contribution in [3.63, 3.8) is 0 Å². The van der Waals surface area contributed by atoms with E-state index in [1.165, 1.54) is 19.2 Å². The number of rotatable bonds is 3. The molecule has 0 radical (unpaired) electrons. The first-order chi connectivity index (χ1) is 9.61. The number of benzene rings is 1. The summed E-state index contributed by atoms with van der Waals surface area (Å²) in [6.07, 6.45) is 1.72. The standard InChI is InChI=1S/C14H17FN2O3/c1-20-14(19)9-4-5-12(11(15)7-9)17-13(18)10-3-2-6-16-8-10/h4-5,7,10,16H,2-3,6,8H2,1H3,(H,17,18)/t10-/m0/s1. The average Bonchev–Trinajstić information content (AvgIpc) is 2.49. The molecule has 1 atom stereocenters. The van der Waals surface area contributed by atoms with Crippen LogP contribution < -0.4 is 10.6 Å². The van der Waals surface area contributed by atoms with Gasteiger partial charge in [0.2, 0.25) is 5.91 Å². The van der Waals surface area contributed by atoms with Gasteiger partial charge in [-0.15, -0.1) is 0 Å². The van der Waals surface area contributed by atoms with E-state index in [1.54, 1.807) is 0 Å². The predicted octanol–water partition coefficient (Wildman–Crippen LogP) is 1.55. The van der Waals surface area contributed by atoms with E-state index in [-0.39, 0.29) is 23.1 Å². The van der Waals surface area contributed by atoms with Crippen LogP contribution in [0.4, 0.5) is 10.1 Å². The van der Waals surface area contributed by atoms with E-state index in [9.17, 15) is 14.0 Å². The molecule has 2 N–H and O–H groups in total. The predicted molar refractivity (Wildman–Crippen MR) is 72.0 cm³/mol. The van der Waals surface area contributed by atoms with E-state index in [0.29, 0.717) is 6.54 Å². The molecule has 1 aliphatic rings. The van der Waals surface area contributed by atoms with Gasteiger partial charge in [0, 0.05) is 6.54 Å². The molecular weight excluding hydrogens is 263 g/mol. The minimum Gasteiger partial charge on any atom is -0.465 e. The van der Waals surface area contributed by atoms with Gasteiger partial charge in [-0.25, -0.2) is 9.18 Å². The van der Waals surface area contributed by atoms with Crippen molar-refractivity contribution in [3.8, 4) is 0 Å². The van der Waals surface area contributed by atoms with E-state index < -0.39 is 11.8 Å². The number of piperidine rings is 1. The van der Waals surface area contributed by atoms with Crippen LogP contribution in [0, 0.1) is 11.7 Å². The normalized spacial score (nSPS) is 18.4.